The van der Waals surface area contributed by atoms with Gasteiger partial charge in [0.25, 0.3) is 0 Å². The van der Waals surface area contributed by atoms with Crippen molar-refractivity contribution < 1.29 is 14.6 Å². The van der Waals surface area contributed by atoms with Crippen molar-refractivity contribution in [2.75, 3.05) is 0 Å². The van der Waals surface area contributed by atoms with Crippen LogP contribution < -0.4 is 4.74 Å². The number of aliphatic carboxylic acids is 1. The molecule has 5 nitrogen and oxygen atoms in total. The average molecular weight is 368 g/mol. The molecule has 6 heteroatoms. The SMILES string of the molecule is O=C(O)/C=C/c1cnc(Oc2cccc(I)c2)nc1. The van der Waals surface area contributed by atoms with Crippen molar-refractivity contribution in [2.24, 2.45) is 0 Å². The van der Waals surface area contributed by atoms with Gasteiger partial charge in [-0.05, 0) is 46.9 Å². The number of halogens is 1. The minimum atomic E-state index is -1.01. The molecule has 0 bridgehead atoms. The van der Waals surface area contributed by atoms with E-state index in [1.807, 2.05) is 24.3 Å². The Kier molecular flexibility index (Phi) is 4.45. The van der Waals surface area contributed by atoms with Gasteiger partial charge in [-0.1, -0.05) is 6.07 Å². The van der Waals surface area contributed by atoms with E-state index in [9.17, 15) is 4.79 Å². The molecule has 1 N–H and O–H groups in total. The highest BCUT2D eigenvalue weighted by molar-refractivity contribution is 14.1. The second-order valence-electron chi connectivity index (χ2n) is 3.53. The second kappa shape index (κ2) is 6.28. The fraction of sp³-hybridized carbons (Fsp3) is 0. The molecule has 1 heterocycles. The number of hydrogen-bond acceptors (Lipinski definition) is 4. The maximum absolute atomic E-state index is 10.4. The molecule has 1 aromatic heterocycles. The normalized spacial score (nSPS) is 10.6. The van der Waals surface area contributed by atoms with Gasteiger partial charge < -0.3 is 9.84 Å². The highest BCUT2D eigenvalue weighted by Gasteiger charge is 2.00. The predicted octanol–water partition coefficient (Wildman–Crippen LogP) is 2.97. The zero-order valence-electron chi connectivity index (χ0n) is 9.65. The highest BCUT2D eigenvalue weighted by Crippen LogP contribution is 2.19. The van der Waals surface area contributed by atoms with E-state index >= 15 is 0 Å². The fourth-order valence-electron chi connectivity index (χ4n) is 1.27. The van der Waals surface area contributed by atoms with E-state index < -0.39 is 5.97 Å². The molecule has 0 atom stereocenters. The van der Waals surface area contributed by atoms with Gasteiger partial charge in [0, 0.05) is 27.6 Å². The smallest absolute Gasteiger partial charge is 0.328 e. The minimum Gasteiger partial charge on any atom is -0.478 e. The van der Waals surface area contributed by atoms with Gasteiger partial charge in [0.15, 0.2) is 0 Å². The van der Waals surface area contributed by atoms with Crippen LogP contribution in [0.5, 0.6) is 11.8 Å². The number of carboxylic acid groups (broad SMARTS) is 1. The number of hydrogen-bond donors (Lipinski definition) is 1. The zero-order valence-corrected chi connectivity index (χ0v) is 11.8. The van der Waals surface area contributed by atoms with Crippen LogP contribution in [0.3, 0.4) is 0 Å². The van der Waals surface area contributed by atoms with Crippen molar-refractivity contribution in [1.82, 2.24) is 9.97 Å². The highest BCUT2D eigenvalue weighted by atomic mass is 127. The number of ether oxygens (including phenoxy) is 1. The molecule has 0 unspecified atom stereocenters. The van der Waals surface area contributed by atoms with Crippen LogP contribution in [0, 0.1) is 3.57 Å². The summed E-state index contributed by atoms with van der Waals surface area (Å²) < 4.78 is 6.52. The van der Waals surface area contributed by atoms with Gasteiger partial charge in [0.05, 0.1) is 0 Å². The van der Waals surface area contributed by atoms with Crippen LogP contribution in [0.25, 0.3) is 6.08 Å². The van der Waals surface area contributed by atoms with Crippen molar-refractivity contribution in [1.29, 1.82) is 0 Å². The lowest BCUT2D eigenvalue weighted by Gasteiger charge is -2.03. The summed E-state index contributed by atoms with van der Waals surface area (Å²) in [6.45, 7) is 0. The molecule has 0 amide bonds. The van der Waals surface area contributed by atoms with Gasteiger partial charge in [-0.3, -0.25) is 0 Å². The molecule has 0 aliphatic heterocycles. The van der Waals surface area contributed by atoms with Crippen molar-refractivity contribution in [2.45, 2.75) is 0 Å². The van der Waals surface area contributed by atoms with Crippen molar-refractivity contribution in [3.63, 3.8) is 0 Å². The maximum Gasteiger partial charge on any atom is 0.328 e. The molecule has 0 saturated heterocycles. The quantitative estimate of drug-likeness (QED) is 0.664. The Morgan fingerprint density at radius 2 is 2.05 bits per heavy atom. The molecule has 19 heavy (non-hydrogen) atoms. The lowest BCUT2D eigenvalue weighted by Crippen LogP contribution is -1.92. The topological polar surface area (TPSA) is 72.3 Å². The first-order valence-corrected chi connectivity index (χ1v) is 6.38. The van der Waals surface area contributed by atoms with Crippen LogP contribution in [0.15, 0.2) is 42.7 Å². The van der Waals surface area contributed by atoms with Crippen LogP contribution >= 0.6 is 22.6 Å². The van der Waals surface area contributed by atoms with Gasteiger partial charge in [-0.25, -0.2) is 14.8 Å². The minimum absolute atomic E-state index is 0.217. The van der Waals surface area contributed by atoms with E-state index in [2.05, 4.69) is 32.6 Å². The average Bonchev–Trinajstić information content (AvgIpc) is 2.38. The number of benzene rings is 1. The summed E-state index contributed by atoms with van der Waals surface area (Å²) in [4.78, 5) is 18.4. The number of carbonyl (C=O) groups is 1. The molecule has 0 saturated carbocycles. The van der Waals surface area contributed by atoms with E-state index in [1.165, 1.54) is 18.5 Å². The van der Waals surface area contributed by atoms with Crippen LogP contribution in [-0.2, 0) is 4.79 Å². The van der Waals surface area contributed by atoms with Gasteiger partial charge in [-0.2, -0.15) is 0 Å². The summed E-state index contributed by atoms with van der Waals surface area (Å²) in [7, 11) is 0. The molecule has 1 aromatic carbocycles. The van der Waals surface area contributed by atoms with Crippen LogP contribution in [0.4, 0.5) is 0 Å². The van der Waals surface area contributed by atoms with E-state index in [4.69, 9.17) is 9.84 Å². The van der Waals surface area contributed by atoms with Crippen molar-refractivity contribution in [3.8, 4) is 11.8 Å². The summed E-state index contributed by atoms with van der Waals surface area (Å²) in [6, 6.07) is 7.72. The van der Waals surface area contributed by atoms with E-state index in [1.54, 1.807) is 0 Å². The Labute approximate surface area is 123 Å². The third-order valence-corrected chi connectivity index (χ3v) is 2.74. The molecule has 0 aliphatic rings. The lowest BCUT2D eigenvalue weighted by atomic mass is 10.3. The summed E-state index contributed by atoms with van der Waals surface area (Å²) in [5.74, 6) is -0.361. The van der Waals surface area contributed by atoms with Crippen molar-refractivity contribution in [3.05, 3.63) is 51.9 Å². The van der Waals surface area contributed by atoms with Crippen molar-refractivity contribution >= 4 is 34.6 Å². The Morgan fingerprint density at radius 1 is 1.32 bits per heavy atom. The summed E-state index contributed by atoms with van der Waals surface area (Å²) in [5.41, 5.74) is 0.595. The Bertz CT molecular complexity index is 612. The molecule has 2 aromatic rings. The third kappa shape index (κ3) is 4.32. The standard InChI is InChI=1S/C13H9IN2O3/c14-10-2-1-3-11(6-10)19-13-15-7-9(8-16-13)4-5-12(17)18/h1-8H,(H,17,18)/b5-4+. The molecule has 2 rings (SSSR count). The monoisotopic (exact) mass is 368 g/mol. The Morgan fingerprint density at radius 3 is 2.68 bits per heavy atom. The van der Waals surface area contributed by atoms with Gasteiger partial charge in [0.1, 0.15) is 5.75 Å². The molecule has 0 spiro atoms. The largest absolute Gasteiger partial charge is 0.478 e. The Hall–Kier alpha value is -1.96. The van der Waals surface area contributed by atoms with Crippen LogP contribution in [0.2, 0.25) is 0 Å². The number of rotatable bonds is 4. The summed E-state index contributed by atoms with van der Waals surface area (Å²) in [6.07, 6.45) is 5.43. The van der Waals surface area contributed by atoms with E-state index in [0.29, 0.717) is 11.3 Å². The summed E-state index contributed by atoms with van der Waals surface area (Å²) in [5, 5.41) is 8.50. The number of carboxylic acids is 1. The molecule has 0 fully saturated rings. The Balaban J connectivity index is 2.08. The number of nitrogens with zero attached hydrogens (tertiary/aromatic N) is 2. The van der Waals surface area contributed by atoms with E-state index in [0.717, 1.165) is 9.65 Å². The molecular weight excluding hydrogens is 359 g/mol. The predicted molar refractivity (Wildman–Crippen MR) is 77.9 cm³/mol. The van der Waals surface area contributed by atoms with Gasteiger partial charge in [0.2, 0.25) is 0 Å². The molecule has 0 aliphatic carbocycles. The molecule has 0 radical (unpaired) electrons. The van der Waals surface area contributed by atoms with Crippen LogP contribution in [0.1, 0.15) is 5.56 Å². The second-order valence-corrected chi connectivity index (χ2v) is 4.78. The van der Waals surface area contributed by atoms with E-state index in [-0.39, 0.29) is 6.01 Å². The fourth-order valence-corrected chi connectivity index (χ4v) is 1.78. The first kappa shape index (κ1) is 13.5. The first-order chi connectivity index (χ1) is 9.13. The molecule has 96 valence electrons. The van der Waals surface area contributed by atoms with Gasteiger partial charge >= 0.3 is 12.0 Å². The molecular formula is C13H9IN2O3. The van der Waals surface area contributed by atoms with Gasteiger partial charge in [-0.15, -0.1) is 0 Å². The zero-order chi connectivity index (χ0) is 13.7. The first-order valence-electron chi connectivity index (χ1n) is 5.30. The number of aromatic nitrogens is 2. The summed E-state index contributed by atoms with van der Waals surface area (Å²) >= 11 is 2.18. The maximum atomic E-state index is 10.4. The van der Waals surface area contributed by atoms with Crippen LogP contribution in [-0.4, -0.2) is 21.0 Å². The lowest BCUT2D eigenvalue weighted by molar-refractivity contribution is -0.131. The third-order valence-electron chi connectivity index (χ3n) is 2.07.